The predicted octanol–water partition coefficient (Wildman–Crippen LogP) is 3.53. The molecule has 0 spiro atoms. The molecule has 0 aliphatic carbocycles. The molecule has 0 radical (unpaired) electrons. The molecule has 2 fully saturated rings. The van der Waals surface area contributed by atoms with Gasteiger partial charge in [-0.2, -0.15) is 0 Å². The van der Waals surface area contributed by atoms with Crippen molar-refractivity contribution in [2.75, 3.05) is 26.2 Å². The van der Waals surface area contributed by atoms with Crippen molar-refractivity contribution in [3.8, 4) is 0 Å². The Balaban J connectivity index is 1.28. The standard InChI is InChI=1S/C25H33N3O3S/c1-18-15-27(16-19(2)31-18)17-22-7-4-3-6-21(22)14-26-24(29)20-9-11-28(12-10-20)25(30)23-8-5-13-32-23/h3-8,13,18-20H,9-12,14-17H2,1-2H3,(H,26,29). The molecule has 0 bridgehead atoms. The molecule has 2 aliphatic rings. The van der Waals surface area contributed by atoms with Gasteiger partial charge < -0.3 is 15.0 Å². The zero-order valence-electron chi connectivity index (χ0n) is 19.0. The highest BCUT2D eigenvalue weighted by atomic mass is 32.1. The number of morpholine rings is 1. The van der Waals surface area contributed by atoms with Crippen LogP contribution in [-0.4, -0.2) is 60.0 Å². The largest absolute Gasteiger partial charge is 0.373 e. The Morgan fingerprint density at radius 1 is 1.03 bits per heavy atom. The van der Waals surface area contributed by atoms with E-state index in [9.17, 15) is 9.59 Å². The van der Waals surface area contributed by atoms with Crippen LogP contribution in [0.3, 0.4) is 0 Å². The lowest BCUT2D eigenvalue weighted by molar-refractivity contribution is -0.126. The van der Waals surface area contributed by atoms with Gasteiger partial charge in [0.15, 0.2) is 0 Å². The van der Waals surface area contributed by atoms with E-state index >= 15 is 0 Å². The summed E-state index contributed by atoms with van der Waals surface area (Å²) in [6.07, 6.45) is 1.91. The van der Waals surface area contributed by atoms with Gasteiger partial charge in [0.1, 0.15) is 0 Å². The number of hydrogen-bond acceptors (Lipinski definition) is 5. The van der Waals surface area contributed by atoms with Crippen LogP contribution in [0, 0.1) is 5.92 Å². The number of carbonyl (C=O) groups is 2. The van der Waals surface area contributed by atoms with Gasteiger partial charge in [-0.3, -0.25) is 14.5 Å². The lowest BCUT2D eigenvalue weighted by Gasteiger charge is -2.35. The van der Waals surface area contributed by atoms with Gasteiger partial charge in [-0.05, 0) is 49.3 Å². The number of carbonyl (C=O) groups excluding carboxylic acids is 2. The van der Waals surface area contributed by atoms with E-state index in [4.69, 9.17) is 4.74 Å². The van der Waals surface area contributed by atoms with Gasteiger partial charge in [0.05, 0.1) is 17.1 Å². The topological polar surface area (TPSA) is 61.9 Å². The Kier molecular flexibility index (Phi) is 7.60. The van der Waals surface area contributed by atoms with Crippen LogP contribution < -0.4 is 5.32 Å². The van der Waals surface area contributed by atoms with Gasteiger partial charge in [-0.15, -0.1) is 11.3 Å². The fraction of sp³-hybridized carbons (Fsp3) is 0.520. The summed E-state index contributed by atoms with van der Waals surface area (Å²) in [5.74, 6) is 0.145. The van der Waals surface area contributed by atoms with Crippen molar-refractivity contribution in [3.63, 3.8) is 0 Å². The van der Waals surface area contributed by atoms with E-state index in [0.717, 1.165) is 30.1 Å². The van der Waals surface area contributed by atoms with Gasteiger partial charge in [-0.1, -0.05) is 30.3 Å². The van der Waals surface area contributed by atoms with E-state index in [1.54, 1.807) is 0 Å². The Bertz CT molecular complexity index is 899. The van der Waals surface area contributed by atoms with Crippen molar-refractivity contribution >= 4 is 23.2 Å². The number of piperidine rings is 1. The highest BCUT2D eigenvalue weighted by Crippen LogP contribution is 2.22. The second kappa shape index (κ2) is 10.6. The Labute approximate surface area is 194 Å². The minimum absolute atomic E-state index is 0.0320. The smallest absolute Gasteiger partial charge is 0.263 e. The fourth-order valence-electron chi connectivity index (χ4n) is 4.77. The van der Waals surface area contributed by atoms with Crippen molar-refractivity contribution in [3.05, 3.63) is 57.8 Å². The molecule has 2 atom stereocenters. The average molecular weight is 456 g/mol. The van der Waals surface area contributed by atoms with Gasteiger partial charge in [0.2, 0.25) is 5.91 Å². The van der Waals surface area contributed by atoms with Gasteiger partial charge in [0, 0.05) is 45.2 Å². The van der Waals surface area contributed by atoms with Gasteiger partial charge >= 0.3 is 0 Å². The summed E-state index contributed by atoms with van der Waals surface area (Å²) >= 11 is 1.47. The molecular weight excluding hydrogens is 422 g/mol. The van der Waals surface area contributed by atoms with Crippen molar-refractivity contribution < 1.29 is 14.3 Å². The second-order valence-corrected chi connectivity index (χ2v) is 9.93. The first kappa shape index (κ1) is 23.0. The van der Waals surface area contributed by atoms with Crippen LogP contribution in [0.4, 0.5) is 0 Å². The van der Waals surface area contributed by atoms with Crippen LogP contribution in [-0.2, 0) is 22.6 Å². The lowest BCUT2D eigenvalue weighted by atomic mass is 9.95. The quantitative estimate of drug-likeness (QED) is 0.724. The van der Waals surface area contributed by atoms with Crippen LogP contribution in [0.15, 0.2) is 41.8 Å². The highest BCUT2D eigenvalue weighted by molar-refractivity contribution is 7.12. The maximum Gasteiger partial charge on any atom is 0.263 e. The number of amides is 2. The van der Waals surface area contributed by atoms with Gasteiger partial charge in [0.25, 0.3) is 5.91 Å². The first-order valence-corrected chi connectivity index (χ1v) is 12.4. The van der Waals surface area contributed by atoms with Gasteiger partial charge in [-0.25, -0.2) is 0 Å². The summed E-state index contributed by atoms with van der Waals surface area (Å²) in [6.45, 7) is 8.77. The summed E-state index contributed by atoms with van der Waals surface area (Å²) in [6, 6.07) is 12.1. The monoisotopic (exact) mass is 455 g/mol. The third-order valence-corrected chi connectivity index (χ3v) is 7.20. The Hall–Kier alpha value is -2.22. The summed E-state index contributed by atoms with van der Waals surface area (Å²) < 4.78 is 5.85. The van der Waals surface area contributed by atoms with Crippen molar-refractivity contribution in [2.24, 2.45) is 5.92 Å². The molecule has 3 heterocycles. The van der Waals surface area contributed by atoms with Crippen LogP contribution in [0.25, 0.3) is 0 Å². The number of nitrogens with zero attached hydrogens (tertiary/aromatic N) is 2. The number of likely N-dealkylation sites (tertiary alicyclic amines) is 1. The number of thiophene rings is 1. The molecule has 1 aromatic carbocycles. The average Bonchev–Trinajstić information content (AvgIpc) is 3.32. The van der Waals surface area contributed by atoms with Crippen LogP contribution in [0.1, 0.15) is 47.5 Å². The van der Waals surface area contributed by atoms with E-state index in [0.29, 0.717) is 32.5 Å². The normalized spacial score (nSPS) is 22.6. The molecule has 2 saturated heterocycles. The number of nitrogens with one attached hydrogen (secondary N) is 1. The van der Waals surface area contributed by atoms with E-state index in [1.807, 2.05) is 28.5 Å². The summed E-state index contributed by atoms with van der Waals surface area (Å²) in [7, 11) is 0. The van der Waals surface area contributed by atoms with E-state index < -0.39 is 0 Å². The Morgan fingerprint density at radius 3 is 2.38 bits per heavy atom. The van der Waals surface area contributed by atoms with Crippen molar-refractivity contribution in [2.45, 2.75) is 52.0 Å². The minimum atomic E-state index is -0.0320. The van der Waals surface area contributed by atoms with Crippen molar-refractivity contribution in [1.82, 2.24) is 15.1 Å². The summed E-state index contributed by atoms with van der Waals surface area (Å²) in [4.78, 5) is 30.4. The van der Waals surface area contributed by atoms with Crippen LogP contribution >= 0.6 is 11.3 Å². The molecule has 1 N–H and O–H groups in total. The molecule has 172 valence electrons. The maximum atomic E-state index is 12.8. The van der Waals surface area contributed by atoms with Crippen LogP contribution in [0.2, 0.25) is 0 Å². The first-order valence-electron chi connectivity index (χ1n) is 11.5. The summed E-state index contributed by atoms with van der Waals surface area (Å²) in [5.41, 5.74) is 2.42. The third kappa shape index (κ3) is 5.77. The molecule has 2 aromatic rings. The van der Waals surface area contributed by atoms with E-state index in [-0.39, 0.29) is 29.9 Å². The number of benzene rings is 1. The van der Waals surface area contributed by atoms with Crippen LogP contribution in [0.5, 0.6) is 0 Å². The molecule has 2 unspecified atom stereocenters. The zero-order valence-corrected chi connectivity index (χ0v) is 19.8. The molecule has 7 heteroatoms. The number of ether oxygens (including phenoxy) is 1. The number of hydrogen-bond donors (Lipinski definition) is 1. The highest BCUT2D eigenvalue weighted by Gasteiger charge is 2.28. The second-order valence-electron chi connectivity index (χ2n) is 8.98. The molecule has 2 aliphatic heterocycles. The molecule has 4 rings (SSSR count). The van der Waals surface area contributed by atoms with Crippen molar-refractivity contribution in [1.29, 1.82) is 0 Å². The third-order valence-electron chi connectivity index (χ3n) is 6.35. The lowest BCUT2D eigenvalue weighted by Crippen LogP contribution is -2.45. The SMILES string of the molecule is CC1CN(Cc2ccccc2CNC(=O)C2CCN(C(=O)c3cccs3)CC2)CC(C)O1. The molecular formula is C25H33N3O3S. The molecule has 2 amide bonds. The zero-order chi connectivity index (χ0) is 22.5. The predicted molar refractivity (Wildman–Crippen MR) is 127 cm³/mol. The first-order chi connectivity index (χ1) is 15.5. The maximum absolute atomic E-state index is 12.8. The summed E-state index contributed by atoms with van der Waals surface area (Å²) in [5, 5.41) is 5.07. The Morgan fingerprint density at radius 2 is 1.72 bits per heavy atom. The molecule has 6 nitrogen and oxygen atoms in total. The minimum Gasteiger partial charge on any atom is -0.373 e. The number of rotatable bonds is 6. The molecule has 32 heavy (non-hydrogen) atoms. The van der Waals surface area contributed by atoms with E-state index in [2.05, 4.69) is 42.3 Å². The molecule has 0 saturated carbocycles. The molecule has 1 aromatic heterocycles. The fourth-order valence-corrected chi connectivity index (χ4v) is 5.46. The van der Waals surface area contributed by atoms with E-state index in [1.165, 1.54) is 16.9 Å².